The molecule has 2 rings (SSSR count). The molecule has 0 saturated carbocycles. The Morgan fingerprint density at radius 2 is 1.28 bits per heavy atom. The third-order valence-corrected chi connectivity index (χ3v) is 5.08. The minimum absolute atomic E-state index is 0.0212. The van der Waals surface area contributed by atoms with E-state index in [-0.39, 0.29) is 39.1 Å². The lowest BCUT2D eigenvalue weighted by atomic mass is 9.93. The van der Waals surface area contributed by atoms with Gasteiger partial charge in [-0.05, 0) is 53.8 Å². The summed E-state index contributed by atoms with van der Waals surface area (Å²) in [6.07, 6.45) is 2.23. The predicted octanol–water partition coefficient (Wildman–Crippen LogP) is 5.09. The molecular formula is C22H20Cl2O8. The fraction of sp³-hybridized carbons (Fsp3) is 0.227. The van der Waals surface area contributed by atoms with E-state index in [9.17, 15) is 24.6 Å². The smallest absolute Gasteiger partial charge is 0.339 e. The number of carboxylic acids is 3. The molecule has 170 valence electrons. The highest BCUT2D eigenvalue weighted by Crippen LogP contribution is 2.38. The summed E-state index contributed by atoms with van der Waals surface area (Å²) < 4.78 is 10.2. The molecule has 0 aliphatic heterocycles. The average molecular weight is 483 g/mol. The Morgan fingerprint density at radius 3 is 1.62 bits per heavy atom. The van der Waals surface area contributed by atoms with E-state index in [4.69, 9.17) is 37.8 Å². The van der Waals surface area contributed by atoms with Crippen molar-refractivity contribution in [1.29, 1.82) is 0 Å². The third-order valence-electron chi connectivity index (χ3n) is 4.52. The molecule has 2 aromatic rings. The highest BCUT2D eigenvalue weighted by Gasteiger charge is 2.21. The molecular weight excluding hydrogens is 463 g/mol. The lowest BCUT2D eigenvalue weighted by Crippen LogP contribution is -2.05. The van der Waals surface area contributed by atoms with Gasteiger partial charge in [0.15, 0.2) is 11.5 Å². The second-order valence-corrected chi connectivity index (χ2v) is 7.41. The number of carboxylic acid groups (broad SMARTS) is 3. The molecule has 0 heterocycles. The van der Waals surface area contributed by atoms with Crippen molar-refractivity contribution < 1.29 is 39.2 Å². The zero-order chi connectivity index (χ0) is 24.0. The number of benzene rings is 2. The van der Waals surface area contributed by atoms with E-state index in [1.165, 1.54) is 38.5 Å². The van der Waals surface area contributed by atoms with E-state index in [0.29, 0.717) is 29.5 Å². The first kappa shape index (κ1) is 25.0. The number of allylic oxidation sites excluding steroid dienone is 1. The van der Waals surface area contributed by atoms with E-state index in [2.05, 4.69) is 0 Å². The van der Waals surface area contributed by atoms with Crippen LogP contribution in [0.3, 0.4) is 0 Å². The molecule has 8 nitrogen and oxygen atoms in total. The number of halogens is 2. The zero-order valence-corrected chi connectivity index (χ0v) is 18.7. The van der Waals surface area contributed by atoms with Gasteiger partial charge in [-0.3, -0.25) is 4.79 Å². The van der Waals surface area contributed by atoms with Crippen molar-refractivity contribution in [3.63, 3.8) is 0 Å². The summed E-state index contributed by atoms with van der Waals surface area (Å²) in [6, 6.07) is 5.65. The molecule has 32 heavy (non-hydrogen) atoms. The van der Waals surface area contributed by atoms with Gasteiger partial charge in [0.2, 0.25) is 0 Å². The molecule has 0 unspecified atom stereocenters. The largest absolute Gasteiger partial charge is 0.494 e. The standard InChI is InChI=1S/C22H20Cl2O8/c1-31-19-14(21(27)28)7-11(9-16(19)23)13(5-3-4-6-18(25)26)12-8-15(22(29)30)20(32-2)17(24)10-12/h5,7-10H,3-4,6H2,1-2H3,(H,25,26)(H,27,28)(H,29,30). The van der Waals surface area contributed by atoms with Gasteiger partial charge in [0.1, 0.15) is 11.1 Å². The van der Waals surface area contributed by atoms with Crippen LogP contribution in [0.1, 0.15) is 51.1 Å². The molecule has 0 bridgehead atoms. The average Bonchev–Trinajstić information content (AvgIpc) is 2.72. The van der Waals surface area contributed by atoms with Gasteiger partial charge in [-0.1, -0.05) is 29.3 Å². The van der Waals surface area contributed by atoms with Crippen LogP contribution < -0.4 is 9.47 Å². The Balaban J connectivity index is 2.73. The summed E-state index contributed by atoms with van der Waals surface area (Å²) in [4.78, 5) is 34.3. The number of hydrogen-bond donors (Lipinski definition) is 3. The van der Waals surface area contributed by atoms with Crippen LogP contribution in [0.5, 0.6) is 11.5 Å². The molecule has 0 saturated heterocycles. The number of unbranched alkanes of at least 4 members (excludes halogenated alkanes) is 1. The number of aliphatic carboxylic acids is 1. The van der Waals surface area contributed by atoms with E-state index >= 15 is 0 Å². The second-order valence-electron chi connectivity index (χ2n) is 6.59. The topological polar surface area (TPSA) is 130 Å². The van der Waals surface area contributed by atoms with E-state index in [1.54, 1.807) is 6.08 Å². The monoisotopic (exact) mass is 482 g/mol. The Labute approximate surface area is 193 Å². The van der Waals surface area contributed by atoms with Gasteiger partial charge in [-0.15, -0.1) is 0 Å². The summed E-state index contributed by atoms with van der Waals surface area (Å²) >= 11 is 12.5. The number of hydrogen-bond acceptors (Lipinski definition) is 5. The molecule has 0 amide bonds. The van der Waals surface area contributed by atoms with Gasteiger partial charge in [0, 0.05) is 6.42 Å². The summed E-state index contributed by atoms with van der Waals surface area (Å²) in [6.45, 7) is 0. The van der Waals surface area contributed by atoms with Crippen LogP contribution in [0.25, 0.3) is 5.57 Å². The fourth-order valence-corrected chi connectivity index (χ4v) is 3.73. The molecule has 0 aliphatic carbocycles. The normalized spacial score (nSPS) is 10.4. The van der Waals surface area contributed by atoms with Crippen molar-refractivity contribution >= 4 is 46.7 Å². The summed E-state index contributed by atoms with van der Waals surface area (Å²) in [5.74, 6) is -3.54. The van der Waals surface area contributed by atoms with Gasteiger partial charge in [0.05, 0.1) is 24.3 Å². The molecule has 0 fully saturated rings. The van der Waals surface area contributed by atoms with Crippen LogP contribution in [0, 0.1) is 0 Å². The Hall–Kier alpha value is -3.23. The molecule has 2 aromatic carbocycles. The van der Waals surface area contributed by atoms with Gasteiger partial charge in [0.25, 0.3) is 0 Å². The van der Waals surface area contributed by atoms with E-state index in [0.717, 1.165) is 0 Å². The van der Waals surface area contributed by atoms with Crippen molar-refractivity contribution in [3.05, 3.63) is 62.6 Å². The van der Waals surface area contributed by atoms with Gasteiger partial charge < -0.3 is 24.8 Å². The SMILES string of the molecule is COc1c(Cl)cc(C(=CCCCC(=O)O)c2cc(Cl)c(OC)c(C(=O)O)c2)cc1C(=O)O. The van der Waals surface area contributed by atoms with Crippen LogP contribution in [0.4, 0.5) is 0 Å². The predicted molar refractivity (Wildman–Crippen MR) is 118 cm³/mol. The van der Waals surface area contributed by atoms with Gasteiger partial charge >= 0.3 is 17.9 Å². The maximum Gasteiger partial charge on any atom is 0.339 e. The quantitative estimate of drug-likeness (QED) is 0.398. The number of rotatable bonds is 10. The first-order chi connectivity index (χ1) is 15.1. The Bertz CT molecular complexity index is 1020. The maximum absolute atomic E-state index is 11.7. The lowest BCUT2D eigenvalue weighted by Gasteiger charge is -2.16. The van der Waals surface area contributed by atoms with Crippen LogP contribution in [0.2, 0.25) is 10.0 Å². The zero-order valence-electron chi connectivity index (χ0n) is 17.1. The molecule has 3 N–H and O–H groups in total. The third kappa shape index (κ3) is 5.72. The fourth-order valence-electron chi connectivity index (χ4n) is 3.13. The molecule has 0 aromatic heterocycles. The molecule has 0 aliphatic rings. The van der Waals surface area contributed by atoms with Crippen LogP contribution in [-0.2, 0) is 4.79 Å². The van der Waals surface area contributed by atoms with Crippen LogP contribution in [0.15, 0.2) is 30.3 Å². The Morgan fingerprint density at radius 1 is 0.844 bits per heavy atom. The van der Waals surface area contributed by atoms with Crippen molar-refractivity contribution in [2.24, 2.45) is 0 Å². The van der Waals surface area contributed by atoms with E-state index in [1.807, 2.05) is 0 Å². The van der Waals surface area contributed by atoms with Crippen LogP contribution >= 0.6 is 23.2 Å². The summed E-state index contributed by atoms with van der Waals surface area (Å²) in [5.41, 5.74) is 0.769. The van der Waals surface area contributed by atoms with Crippen molar-refractivity contribution in [2.45, 2.75) is 19.3 Å². The number of carbonyl (C=O) groups is 3. The molecule has 0 radical (unpaired) electrons. The van der Waals surface area contributed by atoms with Gasteiger partial charge in [-0.25, -0.2) is 9.59 Å². The van der Waals surface area contributed by atoms with E-state index < -0.39 is 17.9 Å². The minimum atomic E-state index is -1.27. The molecule has 0 atom stereocenters. The highest BCUT2D eigenvalue weighted by molar-refractivity contribution is 6.33. The molecule has 0 spiro atoms. The van der Waals surface area contributed by atoms with Crippen molar-refractivity contribution in [2.75, 3.05) is 14.2 Å². The van der Waals surface area contributed by atoms with Crippen molar-refractivity contribution in [3.8, 4) is 11.5 Å². The first-order valence-electron chi connectivity index (χ1n) is 9.25. The molecule has 10 heteroatoms. The lowest BCUT2D eigenvalue weighted by molar-refractivity contribution is -0.137. The number of ether oxygens (including phenoxy) is 2. The number of methoxy groups -OCH3 is 2. The highest BCUT2D eigenvalue weighted by atomic mass is 35.5. The van der Waals surface area contributed by atoms with Crippen molar-refractivity contribution in [1.82, 2.24) is 0 Å². The minimum Gasteiger partial charge on any atom is -0.494 e. The van der Waals surface area contributed by atoms with Crippen LogP contribution in [-0.4, -0.2) is 47.4 Å². The number of aromatic carboxylic acids is 2. The summed E-state index contributed by atoms with van der Waals surface area (Å²) in [7, 11) is 2.58. The second kappa shape index (κ2) is 10.9. The van der Waals surface area contributed by atoms with Gasteiger partial charge in [-0.2, -0.15) is 0 Å². The first-order valence-corrected chi connectivity index (χ1v) is 10.0. The maximum atomic E-state index is 11.7. The summed E-state index contributed by atoms with van der Waals surface area (Å²) in [5, 5.41) is 28.1. The Kier molecular flexibility index (Phi) is 8.51.